The minimum Gasteiger partial charge on any atom is -0.460 e. The van der Waals surface area contributed by atoms with Gasteiger partial charge in [-0.2, -0.15) is 5.10 Å². The molecule has 0 saturated heterocycles. The van der Waals surface area contributed by atoms with Gasteiger partial charge in [-0.05, 0) is 52.0 Å². The third-order valence-electron chi connectivity index (χ3n) is 3.04. The quantitative estimate of drug-likeness (QED) is 0.616. The van der Waals surface area contributed by atoms with Crippen molar-refractivity contribution in [3.05, 3.63) is 35.2 Å². The number of rotatable bonds is 1. The van der Waals surface area contributed by atoms with E-state index in [0.717, 1.165) is 10.4 Å². The summed E-state index contributed by atoms with van der Waals surface area (Å²) < 4.78 is 12.1. The Morgan fingerprint density at radius 2 is 2.00 bits per heavy atom. The molecule has 3 heterocycles. The maximum atomic E-state index is 12.4. The van der Waals surface area contributed by atoms with Gasteiger partial charge in [-0.15, -0.1) is 4.68 Å². The summed E-state index contributed by atoms with van der Waals surface area (Å²) >= 11 is 5.96. The molecule has 23 heavy (non-hydrogen) atoms. The molecule has 0 fully saturated rings. The number of carbonyl (C=O) groups is 1. The predicted molar refractivity (Wildman–Crippen MR) is 86.6 cm³/mol. The summed E-state index contributed by atoms with van der Waals surface area (Å²) in [5, 5.41) is 5.25. The lowest BCUT2D eigenvalue weighted by Crippen LogP contribution is -2.27. The molecule has 0 unspecified atom stereocenters. The molecule has 0 amide bonds. The molecule has 0 aliphatic carbocycles. The molecule has 0 saturated carbocycles. The SMILES string of the molecule is Cc1ccc(-c2nn(C(=O)OC(C)(C)C)c3nc(Cl)ccc23)o1. The Hall–Kier alpha value is -2.34. The highest BCUT2D eigenvalue weighted by Crippen LogP contribution is 2.29. The van der Waals surface area contributed by atoms with E-state index in [9.17, 15) is 4.79 Å². The Bertz CT molecular complexity index is 890. The Morgan fingerprint density at radius 1 is 1.26 bits per heavy atom. The molecule has 7 heteroatoms. The molecule has 0 aliphatic heterocycles. The van der Waals surface area contributed by atoms with Gasteiger partial charge in [0.1, 0.15) is 22.2 Å². The Balaban J connectivity index is 2.18. The van der Waals surface area contributed by atoms with Crippen LogP contribution < -0.4 is 0 Å². The fourth-order valence-corrected chi connectivity index (χ4v) is 2.29. The maximum Gasteiger partial charge on any atom is 0.437 e. The van der Waals surface area contributed by atoms with Gasteiger partial charge in [0.25, 0.3) is 0 Å². The standard InChI is InChI=1S/C16H16ClN3O3/c1-9-5-7-11(22-9)13-10-6-8-12(17)18-14(10)20(19-13)15(21)23-16(2,3)4/h5-8H,1-4H3. The van der Waals surface area contributed by atoms with Gasteiger partial charge in [0.05, 0.1) is 5.39 Å². The lowest BCUT2D eigenvalue weighted by atomic mass is 10.2. The van der Waals surface area contributed by atoms with E-state index in [-0.39, 0.29) is 5.15 Å². The Kier molecular flexibility index (Phi) is 3.64. The summed E-state index contributed by atoms with van der Waals surface area (Å²) in [5.74, 6) is 1.31. The second-order valence-electron chi connectivity index (χ2n) is 6.16. The van der Waals surface area contributed by atoms with Crippen LogP contribution in [-0.4, -0.2) is 26.5 Å². The number of halogens is 1. The molecule has 0 aromatic carbocycles. The van der Waals surface area contributed by atoms with Crippen LogP contribution in [-0.2, 0) is 4.74 Å². The first kappa shape index (κ1) is 15.6. The Morgan fingerprint density at radius 3 is 2.61 bits per heavy atom. The van der Waals surface area contributed by atoms with Crippen LogP contribution in [0.4, 0.5) is 4.79 Å². The van der Waals surface area contributed by atoms with E-state index in [1.54, 1.807) is 39.0 Å². The van der Waals surface area contributed by atoms with Crippen molar-refractivity contribution in [2.24, 2.45) is 0 Å². The number of aryl methyl sites for hydroxylation is 1. The third kappa shape index (κ3) is 3.07. The lowest BCUT2D eigenvalue weighted by Gasteiger charge is -2.18. The number of furan rings is 1. The van der Waals surface area contributed by atoms with Crippen molar-refractivity contribution in [2.45, 2.75) is 33.3 Å². The van der Waals surface area contributed by atoms with Crippen LogP contribution in [0.25, 0.3) is 22.5 Å². The zero-order chi connectivity index (χ0) is 16.8. The van der Waals surface area contributed by atoms with Gasteiger partial charge in [0.2, 0.25) is 0 Å². The normalized spacial score (nSPS) is 11.9. The second-order valence-corrected chi connectivity index (χ2v) is 6.54. The van der Waals surface area contributed by atoms with Crippen molar-refractivity contribution in [3.63, 3.8) is 0 Å². The van der Waals surface area contributed by atoms with Crippen LogP contribution in [0.5, 0.6) is 0 Å². The first-order chi connectivity index (χ1) is 10.7. The van der Waals surface area contributed by atoms with Gasteiger partial charge in [-0.1, -0.05) is 11.6 Å². The summed E-state index contributed by atoms with van der Waals surface area (Å²) in [7, 11) is 0. The van der Waals surface area contributed by atoms with Crippen molar-refractivity contribution in [3.8, 4) is 11.5 Å². The van der Waals surface area contributed by atoms with Gasteiger partial charge in [0, 0.05) is 0 Å². The van der Waals surface area contributed by atoms with Crippen molar-refractivity contribution in [1.29, 1.82) is 0 Å². The number of pyridine rings is 1. The fraction of sp³-hybridized carbons (Fsp3) is 0.312. The van der Waals surface area contributed by atoms with Gasteiger partial charge in [0.15, 0.2) is 11.4 Å². The molecule has 0 bridgehead atoms. The molecule has 0 aliphatic rings. The van der Waals surface area contributed by atoms with Crippen LogP contribution in [0.3, 0.4) is 0 Å². The first-order valence-corrected chi connectivity index (χ1v) is 7.48. The molecule has 120 valence electrons. The van der Waals surface area contributed by atoms with Gasteiger partial charge in [-0.25, -0.2) is 9.78 Å². The summed E-state index contributed by atoms with van der Waals surface area (Å²) in [6.07, 6.45) is -0.619. The molecule has 6 nitrogen and oxygen atoms in total. The van der Waals surface area contributed by atoms with Crippen LogP contribution >= 0.6 is 11.6 Å². The number of fused-ring (bicyclic) bond motifs is 1. The number of hydrogen-bond acceptors (Lipinski definition) is 5. The van der Waals surface area contributed by atoms with Crippen molar-refractivity contribution >= 4 is 28.7 Å². The minimum atomic E-state index is -0.643. The molecular formula is C16H16ClN3O3. The number of carbonyl (C=O) groups excluding carboxylic acids is 1. The maximum absolute atomic E-state index is 12.4. The number of aromatic nitrogens is 3. The molecule has 0 atom stereocenters. The van der Waals surface area contributed by atoms with Crippen molar-refractivity contribution < 1.29 is 13.9 Å². The van der Waals surface area contributed by atoms with E-state index in [4.69, 9.17) is 20.8 Å². The molecule has 0 N–H and O–H groups in total. The molecular weight excluding hydrogens is 318 g/mol. The van der Waals surface area contributed by atoms with E-state index in [0.29, 0.717) is 22.5 Å². The zero-order valence-corrected chi connectivity index (χ0v) is 14.0. The minimum absolute atomic E-state index is 0.268. The average Bonchev–Trinajstić information content (AvgIpc) is 3.00. The van der Waals surface area contributed by atoms with Crippen LogP contribution in [0.15, 0.2) is 28.7 Å². The van der Waals surface area contributed by atoms with E-state index < -0.39 is 11.7 Å². The van der Waals surface area contributed by atoms with E-state index in [1.165, 1.54) is 0 Å². The Labute approximate surface area is 138 Å². The van der Waals surface area contributed by atoms with E-state index in [1.807, 2.05) is 13.0 Å². The highest BCUT2D eigenvalue weighted by Gasteiger charge is 2.24. The predicted octanol–water partition coefficient (Wildman–Crippen LogP) is 4.44. The summed E-state index contributed by atoms with van der Waals surface area (Å²) in [6.45, 7) is 7.20. The molecule has 0 radical (unpaired) electrons. The topological polar surface area (TPSA) is 70.2 Å². The second kappa shape index (κ2) is 5.38. The monoisotopic (exact) mass is 333 g/mol. The number of nitrogens with zero attached hydrogens (tertiary/aromatic N) is 3. The van der Waals surface area contributed by atoms with Gasteiger partial charge >= 0.3 is 6.09 Å². The zero-order valence-electron chi connectivity index (χ0n) is 13.3. The molecule has 3 aromatic heterocycles. The highest BCUT2D eigenvalue weighted by molar-refractivity contribution is 6.29. The fourth-order valence-electron chi connectivity index (χ4n) is 2.15. The summed E-state index contributed by atoms with van der Waals surface area (Å²) in [6, 6.07) is 7.03. The number of hydrogen-bond donors (Lipinski definition) is 0. The van der Waals surface area contributed by atoms with Gasteiger partial charge < -0.3 is 9.15 Å². The summed E-state index contributed by atoms with van der Waals surface area (Å²) in [5.41, 5.74) is 0.203. The number of ether oxygens (including phenoxy) is 1. The first-order valence-electron chi connectivity index (χ1n) is 7.10. The van der Waals surface area contributed by atoms with Crippen LogP contribution in [0, 0.1) is 6.92 Å². The van der Waals surface area contributed by atoms with Crippen LogP contribution in [0.2, 0.25) is 5.15 Å². The third-order valence-corrected chi connectivity index (χ3v) is 3.25. The molecule has 3 rings (SSSR count). The van der Waals surface area contributed by atoms with Gasteiger partial charge in [-0.3, -0.25) is 0 Å². The highest BCUT2D eigenvalue weighted by atomic mass is 35.5. The van der Waals surface area contributed by atoms with Crippen LogP contribution in [0.1, 0.15) is 26.5 Å². The average molecular weight is 334 g/mol. The van der Waals surface area contributed by atoms with Crippen molar-refractivity contribution in [1.82, 2.24) is 14.8 Å². The lowest BCUT2D eigenvalue weighted by molar-refractivity contribution is 0.0522. The van der Waals surface area contributed by atoms with E-state index in [2.05, 4.69) is 10.1 Å². The van der Waals surface area contributed by atoms with Crippen molar-refractivity contribution in [2.75, 3.05) is 0 Å². The largest absolute Gasteiger partial charge is 0.460 e. The molecule has 3 aromatic rings. The summed E-state index contributed by atoms with van der Waals surface area (Å²) in [4.78, 5) is 16.6. The van der Waals surface area contributed by atoms with E-state index >= 15 is 0 Å². The smallest absolute Gasteiger partial charge is 0.437 e. The molecule has 0 spiro atoms.